The molecule has 2 aromatic rings. The summed E-state index contributed by atoms with van der Waals surface area (Å²) in [6, 6.07) is 8.42. The smallest absolute Gasteiger partial charge is 0.380 e. The van der Waals surface area contributed by atoms with Crippen LogP contribution in [-0.4, -0.2) is 93.2 Å². The van der Waals surface area contributed by atoms with Gasteiger partial charge in [-0.3, -0.25) is 9.59 Å². The van der Waals surface area contributed by atoms with E-state index in [0.717, 1.165) is 6.07 Å². The molecular formula is C29H36Cl2F3N5O3. The van der Waals surface area contributed by atoms with Gasteiger partial charge in [0.2, 0.25) is 11.8 Å². The fraction of sp³-hybridized carbons (Fsp3) is 0.517. The van der Waals surface area contributed by atoms with Crippen molar-refractivity contribution in [3.8, 4) is 0 Å². The maximum atomic E-state index is 14.1. The first-order chi connectivity index (χ1) is 20.0. The summed E-state index contributed by atoms with van der Waals surface area (Å²) >= 11 is 12.5. The van der Waals surface area contributed by atoms with Crippen LogP contribution in [0, 0.1) is 0 Å². The number of carbonyl (C=O) groups excluding carboxylic acids is 2. The molecule has 0 aromatic heterocycles. The second-order valence-electron chi connectivity index (χ2n) is 10.5. The monoisotopic (exact) mass is 629 g/mol. The Morgan fingerprint density at radius 2 is 1.83 bits per heavy atom. The van der Waals surface area contributed by atoms with Crippen molar-refractivity contribution in [1.29, 1.82) is 0 Å². The highest BCUT2D eigenvalue weighted by atomic mass is 35.5. The topological polar surface area (TPSA) is 77.2 Å². The molecule has 4 rings (SSSR count). The van der Waals surface area contributed by atoms with Gasteiger partial charge in [-0.15, -0.1) is 0 Å². The van der Waals surface area contributed by atoms with Crippen LogP contribution >= 0.6 is 23.2 Å². The Morgan fingerprint density at radius 1 is 1.10 bits per heavy atom. The van der Waals surface area contributed by atoms with Crippen LogP contribution in [0.15, 0.2) is 36.4 Å². The lowest BCUT2D eigenvalue weighted by molar-refractivity contribution is -0.146. The lowest BCUT2D eigenvalue weighted by atomic mass is 10.0. The van der Waals surface area contributed by atoms with Crippen molar-refractivity contribution in [1.82, 2.24) is 20.4 Å². The number of halogens is 5. The van der Waals surface area contributed by atoms with Crippen LogP contribution in [-0.2, 0) is 33.5 Å². The first-order valence-corrected chi connectivity index (χ1v) is 14.7. The van der Waals surface area contributed by atoms with Crippen LogP contribution < -0.4 is 15.5 Å². The standard InChI is InChI=1S/C29H36Cl2F3N5O3/c1-19(42-2)16-36-17-21-4-3-5-23(29(32,33)34)27(21)37-10-12-38(13-11-37)28(41)25(39-9-8-35-18-26(39)40)14-20-6-7-22(30)15-24(20)31/h3-7,15,19,25,35-36H,8-14,16-18H2,1-2H3. The van der Waals surface area contributed by atoms with Gasteiger partial charge in [-0.05, 0) is 36.2 Å². The van der Waals surface area contributed by atoms with Gasteiger partial charge in [0.15, 0.2) is 0 Å². The van der Waals surface area contributed by atoms with Crippen LogP contribution in [0.3, 0.4) is 0 Å². The van der Waals surface area contributed by atoms with Crippen molar-refractivity contribution in [2.24, 2.45) is 0 Å². The summed E-state index contributed by atoms with van der Waals surface area (Å²) in [5, 5.41) is 7.06. The zero-order valence-corrected chi connectivity index (χ0v) is 25.2. The largest absolute Gasteiger partial charge is 0.418 e. The molecule has 2 aromatic carbocycles. The quantitative estimate of drug-likeness (QED) is 0.416. The molecule has 0 spiro atoms. The van der Waals surface area contributed by atoms with Crippen LogP contribution in [0.1, 0.15) is 23.6 Å². The summed E-state index contributed by atoms with van der Waals surface area (Å²) in [5.74, 6) is -0.446. The molecule has 8 nitrogen and oxygen atoms in total. The molecular weight excluding hydrogens is 594 g/mol. The lowest BCUT2D eigenvalue weighted by Gasteiger charge is -2.42. The average molecular weight is 631 g/mol. The van der Waals surface area contributed by atoms with Gasteiger partial charge in [0.1, 0.15) is 6.04 Å². The molecule has 2 amide bonds. The third-order valence-electron chi connectivity index (χ3n) is 7.70. The second kappa shape index (κ2) is 14.3. The molecule has 0 saturated carbocycles. The molecule has 2 aliphatic heterocycles. The highest BCUT2D eigenvalue weighted by Gasteiger charge is 2.39. The molecule has 2 aliphatic rings. The predicted octanol–water partition coefficient (Wildman–Crippen LogP) is 3.83. The summed E-state index contributed by atoms with van der Waals surface area (Å²) in [6.45, 7) is 4.48. The van der Waals surface area contributed by atoms with E-state index in [1.165, 1.54) is 6.07 Å². The number of amides is 2. The Kier molecular flexibility index (Phi) is 11.0. The average Bonchev–Trinajstić information content (AvgIpc) is 2.96. The number of hydrogen-bond donors (Lipinski definition) is 2. The first-order valence-electron chi connectivity index (χ1n) is 13.9. The number of nitrogens with one attached hydrogen (secondary N) is 2. The Hall–Kier alpha value is -2.57. The molecule has 230 valence electrons. The van der Waals surface area contributed by atoms with Crippen molar-refractivity contribution in [3.63, 3.8) is 0 Å². The van der Waals surface area contributed by atoms with Gasteiger partial charge in [0, 0.05) is 75.9 Å². The van der Waals surface area contributed by atoms with Gasteiger partial charge in [0.05, 0.1) is 23.9 Å². The number of carbonyl (C=O) groups is 2. The number of anilines is 1. The van der Waals surface area contributed by atoms with Crippen LogP contribution in [0.2, 0.25) is 10.0 Å². The number of hydrogen-bond acceptors (Lipinski definition) is 6. The fourth-order valence-electron chi connectivity index (χ4n) is 5.37. The zero-order valence-electron chi connectivity index (χ0n) is 23.6. The highest BCUT2D eigenvalue weighted by molar-refractivity contribution is 6.35. The van der Waals surface area contributed by atoms with E-state index in [-0.39, 0.29) is 69.3 Å². The van der Waals surface area contributed by atoms with E-state index in [9.17, 15) is 22.8 Å². The molecule has 2 atom stereocenters. The SMILES string of the molecule is COC(C)CNCc1cccc(C(F)(F)F)c1N1CCN(C(=O)C(Cc2ccc(Cl)cc2Cl)N2CCNCC2=O)CC1. The van der Waals surface area contributed by atoms with Crippen molar-refractivity contribution >= 4 is 40.7 Å². The van der Waals surface area contributed by atoms with Gasteiger partial charge in [-0.1, -0.05) is 41.4 Å². The third-order valence-corrected chi connectivity index (χ3v) is 8.28. The van der Waals surface area contributed by atoms with Gasteiger partial charge in [0.25, 0.3) is 0 Å². The molecule has 0 radical (unpaired) electrons. The minimum absolute atomic E-state index is 0.0907. The number of piperazine rings is 2. The Morgan fingerprint density at radius 3 is 2.48 bits per heavy atom. The van der Waals surface area contributed by atoms with E-state index in [1.807, 2.05) is 6.92 Å². The number of benzene rings is 2. The van der Waals surface area contributed by atoms with E-state index < -0.39 is 17.8 Å². The number of ether oxygens (including phenoxy) is 1. The lowest BCUT2D eigenvalue weighted by Crippen LogP contribution is -2.60. The Bertz CT molecular complexity index is 1260. The van der Waals surface area contributed by atoms with E-state index in [0.29, 0.717) is 40.8 Å². The molecule has 13 heteroatoms. The molecule has 0 bridgehead atoms. The molecule has 0 aliphatic carbocycles. The van der Waals surface area contributed by atoms with Crippen LogP contribution in [0.5, 0.6) is 0 Å². The minimum atomic E-state index is -4.54. The molecule has 2 fully saturated rings. The van der Waals surface area contributed by atoms with Crippen molar-refractivity contribution in [2.75, 3.05) is 64.4 Å². The van der Waals surface area contributed by atoms with E-state index in [1.54, 1.807) is 46.1 Å². The molecule has 2 heterocycles. The maximum Gasteiger partial charge on any atom is 0.418 e. The molecule has 2 saturated heterocycles. The van der Waals surface area contributed by atoms with Crippen LogP contribution in [0.4, 0.5) is 18.9 Å². The number of methoxy groups -OCH3 is 1. The number of para-hydroxylation sites is 1. The van der Waals surface area contributed by atoms with Gasteiger partial charge < -0.3 is 30.1 Å². The van der Waals surface area contributed by atoms with E-state index >= 15 is 0 Å². The summed E-state index contributed by atoms with van der Waals surface area (Å²) in [6.07, 6.45) is -4.43. The van der Waals surface area contributed by atoms with Gasteiger partial charge in [-0.2, -0.15) is 13.2 Å². The highest BCUT2D eigenvalue weighted by Crippen LogP contribution is 2.39. The number of nitrogens with zero attached hydrogens (tertiary/aromatic N) is 3. The van der Waals surface area contributed by atoms with E-state index in [4.69, 9.17) is 27.9 Å². The zero-order chi connectivity index (χ0) is 30.4. The minimum Gasteiger partial charge on any atom is -0.380 e. The predicted molar refractivity (Wildman–Crippen MR) is 157 cm³/mol. The van der Waals surface area contributed by atoms with Gasteiger partial charge >= 0.3 is 6.18 Å². The second-order valence-corrected chi connectivity index (χ2v) is 11.4. The summed E-state index contributed by atoms with van der Waals surface area (Å²) in [7, 11) is 1.58. The summed E-state index contributed by atoms with van der Waals surface area (Å²) in [5.41, 5.74) is 0.623. The van der Waals surface area contributed by atoms with Crippen molar-refractivity contribution in [2.45, 2.75) is 38.2 Å². The summed E-state index contributed by atoms with van der Waals surface area (Å²) in [4.78, 5) is 31.6. The fourth-order valence-corrected chi connectivity index (χ4v) is 5.85. The van der Waals surface area contributed by atoms with Gasteiger partial charge in [-0.25, -0.2) is 0 Å². The Balaban J connectivity index is 1.53. The maximum absolute atomic E-state index is 14.1. The normalized spacial score (nSPS) is 17.9. The number of alkyl halides is 3. The number of rotatable bonds is 10. The van der Waals surface area contributed by atoms with Crippen molar-refractivity contribution < 1.29 is 27.5 Å². The van der Waals surface area contributed by atoms with Crippen molar-refractivity contribution in [3.05, 3.63) is 63.1 Å². The molecule has 42 heavy (non-hydrogen) atoms. The third kappa shape index (κ3) is 7.87. The first kappa shape index (κ1) is 32.3. The summed E-state index contributed by atoms with van der Waals surface area (Å²) < 4.78 is 47.6. The Labute approximate surface area is 254 Å². The molecule has 2 unspecified atom stereocenters. The van der Waals surface area contributed by atoms with E-state index in [2.05, 4.69) is 10.6 Å². The van der Waals surface area contributed by atoms with Crippen LogP contribution in [0.25, 0.3) is 0 Å². The molecule has 2 N–H and O–H groups in total.